The van der Waals surface area contributed by atoms with Gasteiger partial charge in [-0.25, -0.2) is 0 Å². The maximum absolute atomic E-state index is 11.7. The van der Waals surface area contributed by atoms with Gasteiger partial charge in [-0.3, -0.25) is 4.79 Å². The van der Waals surface area contributed by atoms with Crippen LogP contribution in [0, 0.1) is 11.3 Å². The van der Waals surface area contributed by atoms with E-state index in [1.165, 1.54) is 0 Å². The van der Waals surface area contributed by atoms with Gasteiger partial charge in [0.15, 0.2) is 5.79 Å². The van der Waals surface area contributed by atoms with E-state index in [0.29, 0.717) is 25.4 Å². The van der Waals surface area contributed by atoms with Crippen molar-refractivity contribution in [2.45, 2.75) is 45.8 Å². The summed E-state index contributed by atoms with van der Waals surface area (Å²) < 4.78 is 11.6. The molecule has 1 atom stereocenters. The van der Waals surface area contributed by atoms with Crippen LogP contribution in [0.3, 0.4) is 0 Å². The van der Waals surface area contributed by atoms with E-state index < -0.39 is 5.79 Å². The molecule has 1 saturated heterocycles. The van der Waals surface area contributed by atoms with Gasteiger partial charge in [0.25, 0.3) is 0 Å². The fourth-order valence-corrected chi connectivity index (χ4v) is 2.33. The van der Waals surface area contributed by atoms with Crippen molar-refractivity contribution in [2.24, 2.45) is 11.3 Å². The van der Waals surface area contributed by atoms with Crippen LogP contribution in [0.4, 0.5) is 0 Å². The molecule has 0 bridgehead atoms. The molecule has 2 aliphatic rings. The van der Waals surface area contributed by atoms with Gasteiger partial charge in [0.2, 0.25) is 0 Å². The highest BCUT2D eigenvalue weighted by Crippen LogP contribution is 2.39. The Hall–Kier alpha value is -0.410. The fraction of sp³-hybridized carbons (Fsp3) is 0.917. The van der Waals surface area contributed by atoms with Crippen molar-refractivity contribution in [1.82, 2.24) is 0 Å². The zero-order valence-electron chi connectivity index (χ0n) is 9.84. The summed E-state index contributed by atoms with van der Waals surface area (Å²) in [5.74, 6) is -0.408. The summed E-state index contributed by atoms with van der Waals surface area (Å²) in [5.41, 5.74) is 0.0706. The molecule has 3 nitrogen and oxygen atoms in total. The topological polar surface area (TPSA) is 35.5 Å². The number of carbonyl (C=O) groups is 1. The van der Waals surface area contributed by atoms with Gasteiger partial charge in [-0.15, -0.1) is 0 Å². The minimum absolute atomic E-state index is 0.0476. The number of hydrogen-bond acceptors (Lipinski definition) is 3. The van der Waals surface area contributed by atoms with E-state index in [4.69, 9.17) is 9.47 Å². The number of carbonyl (C=O) groups excluding carboxylic acids is 1. The Morgan fingerprint density at radius 1 is 1.20 bits per heavy atom. The third-order valence-electron chi connectivity index (χ3n) is 3.44. The predicted octanol–water partition coefficient (Wildman–Crippen LogP) is 2.14. The Morgan fingerprint density at radius 2 is 1.80 bits per heavy atom. The molecule has 0 aromatic rings. The first-order chi connectivity index (χ1) is 6.93. The highest BCUT2D eigenvalue weighted by atomic mass is 16.7. The van der Waals surface area contributed by atoms with Gasteiger partial charge in [-0.05, 0) is 19.8 Å². The molecule has 1 unspecified atom stereocenters. The van der Waals surface area contributed by atoms with Crippen LogP contribution in [0.1, 0.15) is 40.0 Å². The molecule has 0 aromatic carbocycles. The lowest BCUT2D eigenvalue weighted by atomic mass is 9.91. The summed E-state index contributed by atoms with van der Waals surface area (Å²) in [6, 6.07) is 0. The van der Waals surface area contributed by atoms with E-state index in [0.717, 1.165) is 12.8 Å². The van der Waals surface area contributed by atoms with E-state index in [1.807, 2.05) is 6.92 Å². The second-order valence-electron chi connectivity index (χ2n) is 5.67. The molecule has 2 fully saturated rings. The third kappa shape index (κ3) is 2.08. The molecule has 3 heteroatoms. The Kier molecular flexibility index (Phi) is 2.63. The average Bonchev–Trinajstić information content (AvgIpc) is 2.58. The summed E-state index contributed by atoms with van der Waals surface area (Å²) in [6.07, 6.45) is 2.58. The van der Waals surface area contributed by atoms with Crippen molar-refractivity contribution in [3.63, 3.8) is 0 Å². The van der Waals surface area contributed by atoms with Gasteiger partial charge in [0.05, 0.1) is 19.1 Å². The Labute approximate surface area is 91.1 Å². The molecule has 0 radical (unpaired) electrons. The van der Waals surface area contributed by atoms with Crippen molar-refractivity contribution < 1.29 is 14.3 Å². The second-order valence-corrected chi connectivity index (χ2v) is 5.67. The van der Waals surface area contributed by atoms with Crippen LogP contribution >= 0.6 is 0 Å². The number of ketones is 1. The Bertz CT molecular complexity index is 260. The van der Waals surface area contributed by atoms with Gasteiger partial charge < -0.3 is 9.47 Å². The molecule has 0 aromatic heterocycles. The molecule has 0 N–H and O–H groups in total. The van der Waals surface area contributed by atoms with Crippen LogP contribution in [-0.2, 0) is 14.3 Å². The van der Waals surface area contributed by atoms with Crippen LogP contribution in [0.2, 0.25) is 0 Å². The minimum Gasteiger partial charge on any atom is -0.349 e. The maximum atomic E-state index is 11.7. The first-order valence-electron chi connectivity index (χ1n) is 5.74. The number of ether oxygens (including phenoxy) is 2. The minimum atomic E-state index is -0.664. The largest absolute Gasteiger partial charge is 0.349 e. The molecule has 15 heavy (non-hydrogen) atoms. The number of hydrogen-bond donors (Lipinski definition) is 0. The van der Waals surface area contributed by atoms with Crippen LogP contribution in [-0.4, -0.2) is 24.8 Å². The predicted molar refractivity (Wildman–Crippen MR) is 56.4 cm³/mol. The molecule has 1 heterocycles. The molecule has 1 aliphatic heterocycles. The van der Waals surface area contributed by atoms with E-state index in [9.17, 15) is 4.79 Å². The van der Waals surface area contributed by atoms with Crippen molar-refractivity contribution in [2.75, 3.05) is 13.2 Å². The molecule has 0 spiro atoms. The lowest BCUT2D eigenvalue weighted by molar-refractivity contribution is -0.306. The Balaban J connectivity index is 2.05. The van der Waals surface area contributed by atoms with Crippen LogP contribution in [0.5, 0.6) is 0 Å². The van der Waals surface area contributed by atoms with Crippen LogP contribution < -0.4 is 0 Å². The van der Waals surface area contributed by atoms with Gasteiger partial charge >= 0.3 is 0 Å². The standard InChI is InChI=1S/C12H20O3/c1-11(2)7-14-12(3,15-8-11)9-5-4-6-10(9)13/h9H,4-8H2,1-3H3. The monoisotopic (exact) mass is 212 g/mol. The van der Waals surface area contributed by atoms with Crippen molar-refractivity contribution >= 4 is 5.78 Å². The third-order valence-corrected chi connectivity index (χ3v) is 3.44. The first kappa shape index (κ1) is 11.1. The SMILES string of the molecule is CC1(C)COC(C)(C2CCCC2=O)OC1. The van der Waals surface area contributed by atoms with Crippen molar-refractivity contribution in [3.8, 4) is 0 Å². The molecule has 1 aliphatic carbocycles. The van der Waals surface area contributed by atoms with E-state index in [-0.39, 0.29) is 11.3 Å². The quantitative estimate of drug-likeness (QED) is 0.668. The Morgan fingerprint density at radius 3 is 2.27 bits per heavy atom. The second kappa shape index (κ2) is 3.56. The molecule has 0 amide bonds. The zero-order valence-corrected chi connectivity index (χ0v) is 9.84. The van der Waals surface area contributed by atoms with E-state index in [2.05, 4.69) is 13.8 Å². The fourth-order valence-electron chi connectivity index (χ4n) is 2.33. The lowest BCUT2D eigenvalue weighted by Crippen LogP contribution is -2.51. The molecule has 86 valence electrons. The van der Waals surface area contributed by atoms with Gasteiger partial charge in [0, 0.05) is 11.8 Å². The number of Topliss-reactive ketones (excluding diaryl/α,β-unsaturated/α-hetero) is 1. The van der Waals surface area contributed by atoms with E-state index in [1.54, 1.807) is 0 Å². The number of rotatable bonds is 1. The highest BCUT2D eigenvalue weighted by molar-refractivity contribution is 5.83. The lowest BCUT2D eigenvalue weighted by Gasteiger charge is -2.44. The molecular weight excluding hydrogens is 192 g/mol. The van der Waals surface area contributed by atoms with Crippen LogP contribution in [0.15, 0.2) is 0 Å². The summed E-state index contributed by atoms with van der Waals surface area (Å²) in [4.78, 5) is 11.7. The smallest absolute Gasteiger partial charge is 0.175 e. The summed E-state index contributed by atoms with van der Waals surface area (Å²) in [7, 11) is 0. The first-order valence-corrected chi connectivity index (χ1v) is 5.74. The van der Waals surface area contributed by atoms with Gasteiger partial charge in [0.1, 0.15) is 5.78 Å². The maximum Gasteiger partial charge on any atom is 0.175 e. The summed E-state index contributed by atoms with van der Waals surface area (Å²) in [6.45, 7) is 7.49. The molecule has 2 rings (SSSR count). The van der Waals surface area contributed by atoms with Crippen LogP contribution in [0.25, 0.3) is 0 Å². The molecular formula is C12H20O3. The van der Waals surface area contributed by atoms with Crippen molar-refractivity contribution in [1.29, 1.82) is 0 Å². The van der Waals surface area contributed by atoms with Crippen molar-refractivity contribution in [3.05, 3.63) is 0 Å². The van der Waals surface area contributed by atoms with Gasteiger partial charge in [-0.1, -0.05) is 13.8 Å². The highest BCUT2D eigenvalue weighted by Gasteiger charge is 2.47. The van der Waals surface area contributed by atoms with E-state index >= 15 is 0 Å². The zero-order chi connectivity index (χ0) is 11.1. The molecule has 1 saturated carbocycles. The van der Waals surface area contributed by atoms with Gasteiger partial charge in [-0.2, -0.15) is 0 Å². The average molecular weight is 212 g/mol. The normalized spacial score (nSPS) is 34.3. The summed E-state index contributed by atoms with van der Waals surface area (Å²) in [5, 5.41) is 0. The summed E-state index contributed by atoms with van der Waals surface area (Å²) >= 11 is 0.